The Morgan fingerprint density at radius 2 is 1.75 bits per heavy atom. The SMILES string of the molecule is CN=c1scc(-c2cccc(Br)c2)n1N=Cc1cc(OC)c(OC)c(OC)c1. The van der Waals surface area contributed by atoms with E-state index in [2.05, 4.69) is 26.0 Å². The highest BCUT2D eigenvalue weighted by molar-refractivity contribution is 9.10. The summed E-state index contributed by atoms with van der Waals surface area (Å²) in [7, 11) is 6.51. The number of rotatable bonds is 6. The predicted octanol–water partition coefficient (Wildman–Crippen LogP) is 4.42. The Morgan fingerprint density at radius 1 is 1.04 bits per heavy atom. The van der Waals surface area contributed by atoms with Crippen LogP contribution in [-0.2, 0) is 0 Å². The van der Waals surface area contributed by atoms with Crippen LogP contribution in [0.15, 0.2) is 56.3 Å². The molecular weight excluding hydrogens is 442 g/mol. The van der Waals surface area contributed by atoms with E-state index in [9.17, 15) is 0 Å². The topological polar surface area (TPSA) is 57.3 Å². The zero-order valence-electron chi connectivity index (χ0n) is 16.0. The number of ether oxygens (including phenoxy) is 3. The van der Waals surface area contributed by atoms with Crippen LogP contribution in [0.3, 0.4) is 0 Å². The maximum absolute atomic E-state index is 5.41. The van der Waals surface area contributed by atoms with Gasteiger partial charge < -0.3 is 14.2 Å². The molecule has 0 atom stereocenters. The fraction of sp³-hybridized carbons (Fsp3) is 0.200. The lowest BCUT2D eigenvalue weighted by Gasteiger charge is -2.12. The third kappa shape index (κ3) is 4.13. The molecule has 2 aromatic carbocycles. The molecule has 8 heteroatoms. The molecule has 6 nitrogen and oxygen atoms in total. The van der Waals surface area contributed by atoms with Crippen molar-refractivity contribution in [2.24, 2.45) is 10.1 Å². The first-order valence-corrected chi connectivity index (χ1v) is 10.0. The molecule has 0 aliphatic carbocycles. The molecular formula is C20H20BrN3O3S. The van der Waals surface area contributed by atoms with E-state index >= 15 is 0 Å². The molecule has 0 fully saturated rings. The second-order valence-corrected chi connectivity index (χ2v) is 7.40. The third-order valence-electron chi connectivity index (χ3n) is 4.01. The van der Waals surface area contributed by atoms with Crippen LogP contribution in [0, 0.1) is 0 Å². The second-order valence-electron chi connectivity index (χ2n) is 5.65. The zero-order valence-corrected chi connectivity index (χ0v) is 18.4. The maximum Gasteiger partial charge on any atom is 0.205 e. The van der Waals surface area contributed by atoms with E-state index < -0.39 is 0 Å². The highest BCUT2D eigenvalue weighted by Gasteiger charge is 2.13. The summed E-state index contributed by atoms with van der Waals surface area (Å²) < 4.78 is 19.0. The summed E-state index contributed by atoms with van der Waals surface area (Å²) in [4.78, 5) is 5.12. The van der Waals surface area contributed by atoms with E-state index in [-0.39, 0.29) is 0 Å². The van der Waals surface area contributed by atoms with Crippen molar-refractivity contribution in [3.63, 3.8) is 0 Å². The van der Waals surface area contributed by atoms with Gasteiger partial charge in [0.1, 0.15) is 0 Å². The number of hydrogen-bond donors (Lipinski definition) is 0. The monoisotopic (exact) mass is 461 g/mol. The van der Waals surface area contributed by atoms with Gasteiger partial charge in [0.15, 0.2) is 11.5 Å². The number of hydrogen-bond acceptors (Lipinski definition) is 6. The second kappa shape index (κ2) is 9.07. The minimum atomic E-state index is 0.546. The van der Waals surface area contributed by atoms with Crippen LogP contribution < -0.4 is 19.0 Å². The third-order valence-corrected chi connectivity index (χ3v) is 5.41. The Labute approximate surface area is 175 Å². The van der Waals surface area contributed by atoms with Crippen LogP contribution in [0.4, 0.5) is 0 Å². The number of aromatic nitrogens is 1. The average molecular weight is 462 g/mol. The van der Waals surface area contributed by atoms with Crippen LogP contribution in [0.25, 0.3) is 11.3 Å². The summed E-state index contributed by atoms with van der Waals surface area (Å²) in [5.74, 6) is 1.70. The maximum atomic E-state index is 5.41. The highest BCUT2D eigenvalue weighted by atomic mass is 79.9. The van der Waals surface area contributed by atoms with Gasteiger partial charge in [-0.25, -0.2) is 4.68 Å². The predicted molar refractivity (Wildman–Crippen MR) is 116 cm³/mol. The molecule has 0 spiro atoms. The summed E-state index contributed by atoms with van der Waals surface area (Å²) in [6.07, 6.45) is 1.74. The molecule has 0 aliphatic rings. The molecule has 0 aliphatic heterocycles. The summed E-state index contributed by atoms with van der Waals surface area (Å²) >= 11 is 5.05. The van der Waals surface area contributed by atoms with Crippen LogP contribution in [0.1, 0.15) is 5.56 Å². The smallest absolute Gasteiger partial charge is 0.205 e. The van der Waals surface area contributed by atoms with Crippen molar-refractivity contribution < 1.29 is 14.2 Å². The molecule has 0 amide bonds. The van der Waals surface area contributed by atoms with E-state index in [1.165, 1.54) is 11.3 Å². The van der Waals surface area contributed by atoms with E-state index in [0.29, 0.717) is 17.2 Å². The Kier molecular flexibility index (Phi) is 6.53. The lowest BCUT2D eigenvalue weighted by molar-refractivity contribution is 0.324. The lowest BCUT2D eigenvalue weighted by Crippen LogP contribution is -2.11. The van der Waals surface area contributed by atoms with Crippen LogP contribution in [0.5, 0.6) is 17.2 Å². The normalized spacial score (nSPS) is 11.8. The molecule has 1 heterocycles. The Bertz CT molecular complexity index is 1050. The molecule has 0 radical (unpaired) electrons. The van der Waals surface area contributed by atoms with Crippen LogP contribution in [-0.4, -0.2) is 39.3 Å². The molecule has 146 valence electrons. The number of benzene rings is 2. The van der Waals surface area contributed by atoms with Crippen molar-refractivity contribution in [1.29, 1.82) is 0 Å². The Hall–Kier alpha value is -2.58. The van der Waals surface area contributed by atoms with Crippen molar-refractivity contribution >= 4 is 33.5 Å². The fourth-order valence-electron chi connectivity index (χ4n) is 2.71. The fourth-order valence-corrected chi connectivity index (χ4v) is 3.91. The van der Waals surface area contributed by atoms with Gasteiger partial charge in [-0.05, 0) is 24.3 Å². The Morgan fingerprint density at radius 3 is 2.32 bits per heavy atom. The first-order chi connectivity index (χ1) is 13.6. The standard InChI is InChI=1S/C20H20BrN3O3S/c1-22-20-24(16(12-28-20)14-6-5-7-15(21)10-14)23-11-13-8-17(25-2)19(27-4)18(9-13)26-3/h5-12H,1-4H3. The van der Waals surface area contributed by atoms with Gasteiger partial charge in [-0.15, -0.1) is 11.3 Å². The van der Waals surface area contributed by atoms with Gasteiger partial charge in [0, 0.05) is 28.0 Å². The summed E-state index contributed by atoms with van der Waals surface area (Å²) in [6, 6.07) is 11.8. The lowest BCUT2D eigenvalue weighted by atomic mass is 10.2. The van der Waals surface area contributed by atoms with E-state index in [1.807, 2.05) is 46.5 Å². The van der Waals surface area contributed by atoms with Gasteiger partial charge in [0.05, 0.1) is 33.2 Å². The number of nitrogens with zero attached hydrogens (tertiary/aromatic N) is 3. The highest BCUT2D eigenvalue weighted by Crippen LogP contribution is 2.37. The van der Waals surface area contributed by atoms with Gasteiger partial charge in [0.25, 0.3) is 0 Å². The van der Waals surface area contributed by atoms with Crippen molar-refractivity contribution in [2.75, 3.05) is 28.4 Å². The van der Waals surface area contributed by atoms with Gasteiger partial charge in [-0.3, -0.25) is 4.99 Å². The first kappa shape index (κ1) is 20.2. The van der Waals surface area contributed by atoms with E-state index in [0.717, 1.165) is 26.1 Å². The molecule has 0 bridgehead atoms. The minimum Gasteiger partial charge on any atom is -0.493 e. The number of methoxy groups -OCH3 is 3. The van der Waals surface area contributed by atoms with Crippen molar-refractivity contribution in [3.05, 3.63) is 56.6 Å². The molecule has 28 heavy (non-hydrogen) atoms. The molecule has 0 N–H and O–H groups in total. The van der Waals surface area contributed by atoms with Crippen molar-refractivity contribution in [3.8, 4) is 28.5 Å². The molecule has 1 aromatic heterocycles. The van der Waals surface area contributed by atoms with Gasteiger partial charge in [-0.2, -0.15) is 5.10 Å². The van der Waals surface area contributed by atoms with Crippen LogP contribution in [0.2, 0.25) is 0 Å². The quantitative estimate of drug-likeness (QED) is 0.510. The summed E-state index contributed by atoms with van der Waals surface area (Å²) in [5, 5.41) is 6.70. The first-order valence-electron chi connectivity index (χ1n) is 8.35. The van der Waals surface area contributed by atoms with Gasteiger partial charge in [-0.1, -0.05) is 28.1 Å². The molecule has 3 rings (SSSR count). The Balaban J connectivity index is 2.07. The zero-order chi connectivity index (χ0) is 20.1. The molecule has 3 aromatic rings. The van der Waals surface area contributed by atoms with Gasteiger partial charge in [0.2, 0.25) is 10.6 Å². The molecule has 0 saturated carbocycles. The number of thiazole rings is 1. The summed E-state index contributed by atoms with van der Waals surface area (Å²) in [6.45, 7) is 0. The van der Waals surface area contributed by atoms with Crippen LogP contribution >= 0.6 is 27.3 Å². The molecule has 0 saturated heterocycles. The van der Waals surface area contributed by atoms with E-state index in [1.54, 1.807) is 34.6 Å². The average Bonchev–Trinajstić information content (AvgIpc) is 3.14. The minimum absolute atomic E-state index is 0.546. The van der Waals surface area contributed by atoms with Gasteiger partial charge >= 0.3 is 0 Å². The van der Waals surface area contributed by atoms with Crippen molar-refractivity contribution in [2.45, 2.75) is 0 Å². The van der Waals surface area contributed by atoms with E-state index in [4.69, 9.17) is 14.2 Å². The van der Waals surface area contributed by atoms with Crippen molar-refractivity contribution in [1.82, 2.24) is 4.68 Å². The largest absolute Gasteiger partial charge is 0.493 e. The number of halogens is 1. The molecule has 0 unspecified atom stereocenters. The summed E-state index contributed by atoms with van der Waals surface area (Å²) in [5.41, 5.74) is 2.81.